The van der Waals surface area contributed by atoms with E-state index in [2.05, 4.69) is 76.3 Å². The van der Waals surface area contributed by atoms with Crippen LogP contribution in [0.5, 0.6) is 0 Å². The maximum atomic E-state index is 6.11. The van der Waals surface area contributed by atoms with Crippen LogP contribution in [0.25, 0.3) is 24.3 Å². The van der Waals surface area contributed by atoms with Gasteiger partial charge in [0.1, 0.15) is 10.8 Å². The van der Waals surface area contributed by atoms with Gasteiger partial charge >= 0.3 is 0 Å². The maximum Gasteiger partial charge on any atom is 0.132 e. The molecule has 0 aliphatic heterocycles. The minimum absolute atomic E-state index is 0.0314. The second-order valence-corrected chi connectivity index (χ2v) is 6.64. The lowest BCUT2D eigenvalue weighted by atomic mass is 9.93. The molecule has 0 saturated carbocycles. The van der Waals surface area contributed by atoms with E-state index in [1.165, 1.54) is 10.4 Å². The second kappa shape index (κ2) is 3.86. The molecule has 1 nitrogen and oxygen atoms in total. The van der Waals surface area contributed by atoms with Crippen LogP contribution in [-0.2, 0) is 0 Å². The van der Waals surface area contributed by atoms with Crippen LogP contribution in [0.3, 0.4) is 0 Å². The second-order valence-electron chi connectivity index (χ2n) is 6.64. The first kappa shape index (κ1) is 12.3. The molecular formula is C18H20O. The average Bonchev–Trinajstić information content (AvgIpc) is 2.43. The van der Waals surface area contributed by atoms with Gasteiger partial charge in [0.15, 0.2) is 0 Å². The summed E-state index contributed by atoms with van der Waals surface area (Å²) in [7, 11) is 0. The number of fused-ring (bicyclic) bond motifs is 3. The standard InChI is InChI=1S/C18H20O/c1-17(2)9-5-7-13-14-8-6-10-18(3,4)12-16(14)19-15(13)11-17/h5-12H,1-4H3. The smallest absolute Gasteiger partial charge is 0.132 e. The van der Waals surface area contributed by atoms with E-state index in [-0.39, 0.29) is 10.8 Å². The highest BCUT2D eigenvalue weighted by molar-refractivity contribution is 5.52. The molecular weight excluding hydrogens is 232 g/mol. The maximum absolute atomic E-state index is 6.11. The van der Waals surface area contributed by atoms with Crippen LogP contribution in [0.1, 0.15) is 27.7 Å². The molecule has 98 valence electrons. The molecule has 1 heterocycles. The quantitative estimate of drug-likeness (QED) is 0.683. The fraction of sp³-hybridized carbons (Fsp3) is 0.333. The third-order valence-electron chi connectivity index (χ3n) is 3.62. The van der Waals surface area contributed by atoms with Crippen LogP contribution in [-0.4, -0.2) is 0 Å². The Morgan fingerprint density at radius 1 is 0.737 bits per heavy atom. The Morgan fingerprint density at radius 2 is 1.16 bits per heavy atom. The van der Waals surface area contributed by atoms with Gasteiger partial charge in [-0.25, -0.2) is 0 Å². The van der Waals surface area contributed by atoms with Gasteiger partial charge < -0.3 is 4.42 Å². The number of rotatable bonds is 0. The van der Waals surface area contributed by atoms with E-state index < -0.39 is 0 Å². The van der Waals surface area contributed by atoms with Gasteiger partial charge in [-0.3, -0.25) is 0 Å². The summed E-state index contributed by atoms with van der Waals surface area (Å²) in [5.74, 6) is 0. The Kier molecular flexibility index (Phi) is 2.50. The van der Waals surface area contributed by atoms with E-state index in [0.29, 0.717) is 0 Å². The normalized spacial score (nSPS) is 21.7. The lowest BCUT2D eigenvalue weighted by Crippen LogP contribution is -2.37. The van der Waals surface area contributed by atoms with Gasteiger partial charge in [0, 0.05) is 21.3 Å². The molecule has 0 unspecified atom stereocenters. The first-order valence-electron chi connectivity index (χ1n) is 6.80. The van der Waals surface area contributed by atoms with Crippen molar-refractivity contribution in [2.75, 3.05) is 0 Å². The Morgan fingerprint density at radius 3 is 1.58 bits per heavy atom. The third-order valence-corrected chi connectivity index (χ3v) is 3.62. The highest BCUT2D eigenvalue weighted by Crippen LogP contribution is 2.20. The molecule has 3 rings (SSSR count). The van der Waals surface area contributed by atoms with Crippen molar-refractivity contribution in [1.82, 2.24) is 0 Å². The highest BCUT2D eigenvalue weighted by Gasteiger charge is 2.15. The van der Waals surface area contributed by atoms with Crippen molar-refractivity contribution in [3.63, 3.8) is 0 Å². The molecule has 0 bridgehead atoms. The molecule has 0 atom stereocenters. The van der Waals surface area contributed by atoms with Crippen LogP contribution in [0.2, 0.25) is 0 Å². The van der Waals surface area contributed by atoms with Crippen molar-refractivity contribution in [2.24, 2.45) is 10.8 Å². The van der Waals surface area contributed by atoms with E-state index in [4.69, 9.17) is 4.42 Å². The van der Waals surface area contributed by atoms with Gasteiger partial charge in [-0.05, 0) is 12.2 Å². The first-order chi connectivity index (χ1) is 8.86. The Hall–Kier alpha value is -1.76. The van der Waals surface area contributed by atoms with Gasteiger partial charge in [0.2, 0.25) is 0 Å². The zero-order valence-electron chi connectivity index (χ0n) is 12.0. The van der Waals surface area contributed by atoms with E-state index in [9.17, 15) is 0 Å². The summed E-state index contributed by atoms with van der Waals surface area (Å²) >= 11 is 0. The largest absolute Gasteiger partial charge is 0.457 e. The topological polar surface area (TPSA) is 13.1 Å². The highest BCUT2D eigenvalue weighted by atomic mass is 16.3. The predicted molar refractivity (Wildman–Crippen MR) is 80.9 cm³/mol. The average molecular weight is 252 g/mol. The zero-order valence-corrected chi connectivity index (χ0v) is 12.0. The molecule has 0 fully saturated rings. The van der Waals surface area contributed by atoms with E-state index in [1.807, 2.05) is 0 Å². The fourth-order valence-electron chi connectivity index (χ4n) is 2.61. The monoisotopic (exact) mass is 252 g/mol. The minimum Gasteiger partial charge on any atom is -0.457 e. The molecule has 1 aromatic heterocycles. The molecule has 1 heteroatoms. The molecule has 0 N–H and O–H groups in total. The molecule has 0 saturated heterocycles. The number of allylic oxidation sites excluding steroid dienone is 4. The number of furan rings is 1. The van der Waals surface area contributed by atoms with Crippen molar-refractivity contribution in [2.45, 2.75) is 27.7 Å². The van der Waals surface area contributed by atoms with E-state index in [1.54, 1.807) is 0 Å². The lowest BCUT2D eigenvalue weighted by molar-refractivity contribution is 0.483. The summed E-state index contributed by atoms with van der Waals surface area (Å²) in [5.41, 5.74) is 2.03. The number of hydrogen-bond donors (Lipinski definition) is 0. The molecule has 2 aliphatic rings. The van der Waals surface area contributed by atoms with Crippen molar-refractivity contribution >= 4 is 24.3 Å². The van der Waals surface area contributed by atoms with Crippen molar-refractivity contribution in [3.8, 4) is 0 Å². The minimum atomic E-state index is 0.0314. The zero-order chi connectivity index (χ0) is 13.7. The molecule has 0 radical (unpaired) electrons. The van der Waals surface area contributed by atoms with Gasteiger partial charge in [-0.1, -0.05) is 64.2 Å². The lowest BCUT2D eigenvalue weighted by Gasteiger charge is -2.12. The molecule has 0 spiro atoms. The number of hydrogen-bond acceptors (Lipinski definition) is 1. The summed E-state index contributed by atoms with van der Waals surface area (Å²) in [4.78, 5) is 0. The van der Waals surface area contributed by atoms with E-state index in [0.717, 1.165) is 10.8 Å². The van der Waals surface area contributed by atoms with Crippen LogP contribution in [0, 0.1) is 10.8 Å². The van der Waals surface area contributed by atoms with Crippen molar-refractivity contribution in [1.29, 1.82) is 0 Å². The Bertz CT molecular complexity index is 740. The molecule has 2 aliphatic carbocycles. The summed E-state index contributed by atoms with van der Waals surface area (Å²) in [5, 5.41) is 2.38. The predicted octanol–water partition coefficient (Wildman–Crippen LogP) is 1.59. The molecule has 1 aromatic rings. The third kappa shape index (κ3) is 2.25. The van der Waals surface area contributed by atoms with E-state index >= 15 is 0 Å². The van der Waals surface area contributed by atoms with Gasteiger partial charge in [-0.15, -0.1) is 0 Å². The van der Waals surface area contributed by atoms with Crippen LogP contribution in [0.4, 0.5) is 0 Å². The van der Waals surface area contributed by atoms with Crippen LogP contribution < -0.4 is 21.3 Å². The summed E-state index contributed by atoms with van der Waals surface area (Å²) in [6.45, 7) is 8.77. The summed E-state index contributed by atoms with van der Waals surface area (Å²) < 4.78 is 6.11. The van der Waals surface area contributed by atoms with Gasteiger partial charge in [0.05, 0.1) is 0 Å². The first-order valence-corrected chi connectivity index (χ1v) is 6.80. The molecule has 0 amide bonds. The summed E-state index contributed by atoms with van der Waals surface area (Å²) in [6.07, 6.45) is 17.4. The SMILES string of the molecule is CC1(C)C=CC=c2c(oc3c2=CC=CC(C)(C)C=3)=C1. The van der Waals surface area contributed by atoms with Crippen LogP contribution >= 0.6 is 0 Å². The van der Waals surface area contributed by atoms with Crippen molar-refractivity contribution in [3.05, 3.63) is 45.6 Å². The molecule has 0 aromatic carbocycles. The Balaban J connectivity index is 2.46. The van der Waals surface area contributed by atoms with Crippen LogP contribution in [0.15, 0.2) is 28.7 Å². The summed E-state index contributed by atoms with van der Waals surface area (Å²) in [6, 6.07) is 0. The van der Waals surface area contributed by atoms with Gasteiger partial charge in [-0.2, -0.15) is 0 Å². The van der Waals surface area contributed by atoms with Gasteiger partial charge in [0.25, 0.3) is 0 Å². The molecule has 19 heavy (non-hydrogen) atoms. The Labute approximate surface area is 113 Å². The fourth-order valence-corrected chi connectivity index (χ4v) is 2.61. The van der Waals surface area contributed by atoms with Crippen molar-refractivity contribution < 1.29 is 4.42 Å².